The largest absolute Gasteiger partial charge is 0.478 e. The molecule has 0 saturated carbocycles. The first kappa shape index (κ1) is 20.6. The molecule has 0 amide bonds. The molecule has 3 rings (SSSR count). The van der Waals surface area contributed by atoms with Crippen LogP contribution >= 0.6 is 0 Å². The molecule has 2 aromatic carbocycles. The van der Waals surface area contributed by atoms with Crippen LogP contribution in [0.5, 0.6) is 0 Å². The molecule has 0 unspecified atom stereocenters. The summed E-state index contributed by atoms with van der Waals surface area (Å²) in [5, 5.41) is 9.38. The Bertz CT molecular complexity index is 1060. The molecule has 1 aromatic heterocycles. The van der Waals surface area contributed by atoms with Gasteiger partial charge in [0.15, 0.2) is 0 Å². The number of nitrogens with zero attached hydrogens (tertiary/aromatic N) is 2. The van der Waals surface area contributed by atoms with Crippen LogP contribution < -0.4 is 5.69 Å². The second-order valence-corrected chi connectivity index (χ2v) is 7.00. The fourth-order valence-corrected chi connectivity index (χ4v) is 3.53. The van der Waals surface area contributed by atoms with E-state index in [1.165, 1.54) is 9.13 Å². The van der Waals surface area contributed by atoms with Crippen LogP contribution in [-0.2, 0) is 19.5 Å². The highest BCUT2D eigenvalue weighted by atomic mass is 19.1. The highest BCUT2D eigenvalue weighted by molar-refractivity contribution is 5.95. The Kier molecular flexibility index (Phi) is 6.32. The fourth-order valence-electron chi connectivity index (χ4n) is 3.53. The first-order chi connectivity index (χ1) is 14.0. The fraction of sp³-hybridized carbons (Fsp3) is 0.304. The smallest absolute Gasteiger partial charge is 0.336 e. The molecule has 0 spiro atoms. The molecule has 0 aliphatic rings. The minimum absolute atomic E-state index is 0.236. The van der Waals surface area contributed by atoms with Crippen molar-refractivity contribution in [2.45, 2.75) is 46.2 Å². The average Bonchev–Trinajstić information content (AvgIpc) is 2.95. The van der Waals surface area contributed by atoms with Gasteiger partial charge < -0.3 is 5.11 Å². The second kappa shape index (κ2) is 8.90. The summed E-state index contributed by atoms with van der Waals surface area (Å²) in [6.07, 6.45) is 2.26. The third-order valence-electron chi connectivity index (χ3n) is 5.11. The van der Waals surface area contributed by atoms with Crippen molar-refractivity contribution in [3.05, 3.63) is 81.8 Å². The van der Waals surface area contributed by atoms with Gasteiger partial charge in [-0.05, 0) is 42.5 Å². The zero-order valence-electron chi connectivity index (χ0n) is 16.7. The maximum atomic E-state index is 14.7. The van der Waals surface area contributed by atoms with Crippen LogP contribution in [0.25, 0.3) is 11.1 Å². The zero-order chi connectivity index (χ0) is 21.0. The lowest BCUT2D eigenvalue weighted by Crippen LogP contribution is -2.25. The maximum absolute atomic E-state index is 14.7. The first-order valence-corrected chi connectivity index (χ1v) is 9.87. The Balaban J connectivity index is 1.93. The summed E-state index contributed by atoms with van der Waals surface area (Å²) in [5.41, 5.74) is 2.61. The molecular formula is C23H25FN2O3. The molecule has 1 N–H and O–H groups in total. The zero-order valence-corrected chi connectivity index (χ0v) is 16.7. The van der Waals surface area contributed by atoms with Crippen molar-refractivity contribution in [3.63, 3.8) is 0 Å². The van der Waals surface area contributed by atoms with E-state index in [1.807, 2.05) is 31.2 Å². The van der Waals surface area contributed by atoms with E-state index in [9.17, 15) is 19.1 Å². The Labute approximate surface area is 169 Å². The Morgan fingerprint density at radius 3 is 2.34 bits per heavy atom. The lowest BCUT2D eigenvalue weighted by Gasteiger charge is -2.09. The number of imidazole rings is 1. The number of unbranched alkanes of at least 4 members (excludes halogenated alkanes) is 1. The van der Waals surface area contributed by atoms with Crippen molar-refractivity contribution in [2.24, 2.45) is 0 Å². The topological polar surface area (TPSA) is 64.2 Å². The summed E-state index contributed by atoms with van der Waals surface area (Å²) < 4.78 is 17.4. The summed E-state index contributed by atoms with van der Waals surface area (Å²) in [7, 11) is 0. The van der Waals surface area contributed by atoms with E-state index >= 15 is 0 Å². The van der Waals surface area contributed by atoms with Gasteiger partial charge in [0.05, 0.1) is 17.8 Å². The molecule has 152 valence electrons. The van der Waals surface area contributed by atoms with E-state index < -0.39 is 11.9 Å². The minimum Gasteiger partial charge on any atom is -0.478 e. The molecule has 0 atom stereocenters. The van der Waals surface area contributed by atoms with Gasteiger partial charge in [0.2, 0.25) is 5.95 Å². The number of aromatic nitrogens is 2. The SMILES string of the molecule is CCCCc1c(F)n(CC)c(=O)n1Cc1ccc(-c2ccccc2C(=O)O)cc1. The lowest BCUT2D eigenvalue weighted by atomic mass is 9.99. The standard InChI is InChI=1S/C23H25FN2O3/c1-3-5-10-20-21(24)25(4-2)23(29)26(20)15-16-11-13-17(14-12-16)18-8-6-7-9-19(18)22(27)28/h6-9,11-14H,3-5,10,15H2,1-2H3,(H,27,28). The number of carboxylic acids is 1. The van der Waals surface area contributed by atoms with Gasteiger partial charge >= 0.3 is 11.7 Å². The molecule has 1 heterocycles. The molecule has 0 radical (unpaired) electrons. The highest BCUT2D eigenvalue weighted by Gasteiger charge is 2.19. The van der Waals surface area contributed by atoms with E-state index in [-0.39, 0.29) is 17.8 Å². The van der Waals surface area contributed by atoms with Crippen molar-refractivity contribution in [1.29, 1.82) is 0 Å². The van der Waals surface area contributed by atoms with Gasteiger partial charge in [-0.15, -0.1) is 0 Å². The van der Waals surface area contributed by atoms with E-state index in [4.69, 9.17) is 0 Å². The van der Waals surface area contributed by atoms with Crippen molar-refractivity contribution in [1.82, 2.24) is 9.13 Å². The van der Waals surface area contributed by atoms with E-state index in [0.29, 0.717) is 24.2 Å². The van der Waals surface area contributed by atoms with E-state index in [2.05, 4.69) is 0 Å². The van der Waals surface area contributed by atoms with Gasteiger partial charge in [0.25, 0.3) is 0 Å². The van der Waals surface area contributed by atoms with Crippen LogP contribution in [0, 0.1) is 5.95 Å². The lowest BCUT2D eigenvalue weighted by molar-refractivity contribution is 0.0697. The molecule has 6 heteroatoms. The van der Waals surface area contributed by atoms with Crippen molar-refractivity contribution in [2.75, 3.05) is 0 Å². The number of carbonyl (C=O) groups is 1. The number of hydrogen-bond acceptors (Lipinski definition) is 2. The number of rotatable bonds is 8. The summed E-state index contributed by atoms with van der Waals surface area (Å²) in [6.45, 7) is 4.36. The normalized spacial score (nSPS) is 11.0. The van der Waals surface area contributed by atoms with Crippen molar-refractivity contribution >= 4 is 5.97 Å². The molecule has 0 bridgehead atoms. The monoisotopic (exact) mass is 396 g/mol. The number of hydrogen-bond donors (Lipinski definition) is 1. The van der Waals surface area contributed by atoms with Crippen LogP contribution in [0.3, 0.4) is 0 Å². The second-order valence-electron chi connectivity index (χ2n) is 7.00. The summed E-state index contributed by atoms with van der Waals surface area (Å²) in [5.74, 6) is -1.42. The Morgan fingerprint density at radius 1 is 1.03 bits per heavy atom. The third-order valence-corrected chi connectivity index (χ3v) is 5.11. The molecule has 3 aromatic rings. The third kappa shape index (κ3) is 4.16. The number of benzene rings is 2. The maximum Gasteiger partial charge on any atom is 0.336 e. The average molecular weight is 396 g/mol. The predicted octanol–water partition coefficient (Wildman–Crippen LogP) is 4.56. The highest BCUT2D eigenvalue weighted by Crippen LogP contribution is 2.24. The number of aromatic carboxylic acids is 1. The van der Waals surface area contributed by atoms with E-state index in [0.717, 1.165) is 24.0 Å². The Morgan fingerprint density at radius 2 is 1.72 bits per heavy atom. The van der Waals surface area contributed by atoms with Gasteiger partial charge in [-0.1, -0.05) is 55.8 Å². The summed E-state index contributed by atoms with van der Waals surface area (Å²) in [6, 6.07) is 14.2. The number of halogens is 1. The number of carboxylic acid groups (broad SMARTS) is 1. The van der Waals surface area contributed by atoms with Crippen LogP contribution in [-0.4, -0.2) is 20.2 Å². The Hall–Kier alpha value is -3.15. The van der Waals surface area contributed by atoms with Gasteiger partial charge in [0, 0.05) is 6.54 Å². The summed E-state index contributed by atoms with van der Waals surface area (Å²) in [4.78, 5) is 24.1. The molecule has 29 heavy (non-hydrogen) atoms. The van der Waals surface area contributed by atoms with Gasteiger partial charge in [-0.3, -0.25) is 9.13 Å². The minimum atomic E-state index is -0.979. The van der Waals surface area contributed by atoms with Crippen LogP contribution in [0.4, 0.5) is 4.39 Å². The first-order valence-electron chi connectivity index (χ1n) is 9.87. The molecule has 0 saturated heterocycles. The van der Waals surface area contributed by atoms with E-state index in [1.54, 1.807) is 31.2 Å². The predicted molar refractivity (Wildman–Crippen MR) is 111 cm³/mol. The van der Waals surface area contributed by atoms with Crippen LogP contribution in [0.15, 0.2) is 53.3 Å². The molecular weight excluding hydrogens is 371 g/mol. The van der Waals surface area contributed by atoms with Crippen LogP contribution in [0.1, 0.15) is 48.3 Å². The van der Waals surface area contributed by atoms with Gasteiger partial charge in [-0.25, -0.2) is 9.59 Å². The van der Waals surface area contributed by atoms with Gasteiger partial charge in [-0.2, -0.15) is 4.39 Å². The quantitative estimate of drug-likeness (QED) is 0.607. The molecule has 0 fully saturated rings. The van der Waals surface area contributed by atoms with Gasteiger partial charge in [0.1, 0.15) is 0 Å². The summed E-state index contributed by atoms with van der Waals surface area (Å²) >= 11 is 0. The molecule has 0 aliphatic heterocycles. The van der Waals surface area contributed by atoms with Crippen molar-refractivity contribution in [3.8, 4) is 11.1 Å². The molecule has 0 aliphatic carbocycles. The molecule has 5 nitrogen and oxygen atoms in total. The van der Waals surface area contributed by atoms with Crippen LogP contribution in [0.2, 0.25) is 0 Å². The van der Waals surface area contributed by atoms with Crippen molar-refractivity contribution < 1.29 is 14.3 Å².